The minimum Gasteiger partial charge on any atom is -0.493 e. The van der Waals surface area contributed by atoms with Crippen LogP contribution in [0.15, 0.2) is 42.6 Å². The lowest BCUT2D eigenvalue weighted by Gasteiger charge is -2.14. The van der Waals surface area contributed by atoms with Crippen LogP contribution in [0.5, 0.6) is 17.2 Å². The molecule has 1 heterocycles. The Balaban J connectivity index is 2.26. The third-order valence-electron chi connectivity index (χ3n) is 3.86. The minimum atomic E-state index is 0.579. The minimum absolute atomic E-state index is 0.579. The maximum absolute atomic E-state index is 5.44. The molecule has 0 aliphatic heterocycles. The number of methoxy groups -OCH3 is 3. The van der Waals surface area contributed by atoms with Crippen LogP contribution < -0.4 is 14.2 Å². The van der Waals surface area contributed by atoms with Gasteiger partial charge in [-0.1, -0.05) is 23.8 Å². The van der Waals surface area contributed by atoms with Crippen molar-refractivity contribution < 1.29 is 14.2 Å². The van der Waals surface area contributed by atoms with E-state index >= 15 is 0 Å². The van der Waals surface area contributed by atoms with Gasteiger partial charge in [-0.15, -0.1) is 0 Å². The Morgan fingerprint density at radius 1 is 0.826 bits per heavy atom. The Morgan fingerprint density at radius 3 is 2.13 bits per heavy atom. The van der Waals surface area contributed by atoms with Gasteiger partial charge in [0, 0.05) is 17.1 Å². The molecule has 23 heavy (non-hydrogen) atoms. The number of hydrogen-bond donors (Lipinski definition) is 0. The maximum atomic E-state index is 5.44. The molecule has 4 nitrogen and oxygen atoms in total. The van der Waals surface area contributed by atoms with Crippen molar-refractivity contribution in [1.29, 1.82) is 0 Å². The zero-order valence-electron chi connectivity index (χ0n) is 13.7. The van der Waals surface area contributed by atoms with Gasteiger partial charge in [0.05, 0.1) is 27.0 Å². The third kappa shape index (κ3) is 2.68. The van der Waals surface area contributed by atoms with Gasteiger partial charge in [0.15, 0.2) is 11.5 Å². The molecular formula is C19H19NO3. The Bertz CT molecular complexity index is 833. The van der Waals surface area contributed by atoms with Crippen LogP contribution >= 0.6 is 0 Å². The molecule has 0 radical (unpaired) electrons. The Kier molecular flexibility index (Phi) is 4.06. The Hall–Kier alpha value is -2.75. The molecule has 0 aliphatic carbocycles. The first kappa shape index (κ1) is 15.2. The van der Waals surface area contributed by atoms with Crippen LogP contribution in [0.3, 0.4) is 0 Å². The van der Waals surface area contributed by atoms with Crippen LogP contribution in [-0.4, -0.2) is 26.3 Å². The largest absolute Gasteiger partial charge is 0.493 e. The fourth-order valence-electron chi connectivity index (χ4n) is 2.75. The number of hydrogen-bond acceptors (Lipinski definition) is 4. The van der Waals surface area contributed by atoms with Gasteiger partial charge in [-0.05, 0) is 30.5 Å². The van der Waals surface area contributed by atoms with E-state index in [1.54, 1.807) is 21.3 Å². The summed E-state index contributed by atoms with van der Waals surface area (Å²) in [6.07, 6.45) is 1.82. The van der Waals surface area contributed by atoms with Crippen molar-refractivity contribution in [3.63, 3.8) is 0 Å². The number of fused-ring (bicyclic) bond motifs is 1. The molecule has 3 rings (SSSR count). The molecule has 0 aliphatic rings. The highest BCUT2D eigenvalue weighted by atomic mass is 16.5. The summed E-state index contributed by atoms with van der Waals surface area (Å²) >= 11 is 0. The van der Waals surface area contributed by atoms with E-state index in [1.165, 1.54) is 5.56 Å². The van der Waals surface area contributed by atoms with Gasteiger partial charge in [-0.25, -0.2) is 0 Å². The third-order valence-corrected chi connectivity index (χ3v) is 3.86. The molecule has 1 aromatic heterocycles. The topological polar surface area (TPSA) is 40.6 Å². The SMILES string of the molecule is COc1cc(-c2nccc3cc(C)ccc23)cc(OC)c1OC. The predicted octanol–water partition coefficient (Wildman–Crippen LogP) is 4.24. The normalized spacial score (nSPS) is 10.6. The van der Waals surface area contributed by atoms with Gasteiger partial charge in [0.25, 0.3) is 0 Å². The summed E-state index contributed by atoms with van der Waals surface area (Å²) in [5.74, 6) is 1.82. The van der Waals surface area contributed by atoms with Crippen molar-refractivity contribution in [2.75, 3.05) is 21.3 Å². The quantitative estimate of drug-likeness (QED) is 0.723. The highest BCUT2D eigenvalue weighted by Gasteiger charge is 2.16. The van der Waals surface area contributed by atoms with E-state index in [0.29, 0.717) is 17.2 Å². The van der Waals surface area contributed by atoms with E-state index < -0.39 is 0 Å². The maximum Gasteiger partial charge on any atom is 0.203 e. The number of aryl methyl sites for hydroxylation is 1. The Morgan fingerprint density at radius 2 is 1.52 bits per heavy atom. The molecule has 0 bridgehead atoms. The van der Waals surface area contributed by atoms with Crippen LogP contribution in [0, 0.1) is 6.92 Å². The van der Waals surface area contributed by atoms with Crippen LogP contribution in [0.2, 0.25) is 0 Å². The number of rotatable bonds is 4. The van der Waals surface area contributed by atoms with Gasteiger partial charge >= 0.3 is 0 Å². The van der Waals surface area contributed by atoms with Crippen LogP contribution in [0.1, 0.15) is 5.56 Å². The fraction of sp³-hybridized carbons (Fsp3) is 0.211. The average Bonchev–Trinajstić information content (AvgIpc) is 2.59. The number of aromatic nitrogens is 1. The smallest absolute Gasteiger partial charge is 0.203 e. The first-order valence-electron chi connectivity index (χ1n) is 7.33. The van der Waals surface area contributed by atoms with Gasteiger partial charge in [-0.3, -0.25) is 4.98 Å². The summed E-state index contributed by atoms with van der Waals surface area (Å²) in [5, 5.41) is 2.25. The number of ether oxygens (including phenoxy) is 3. The molecule has 0 saturated heterocycles. The number of benzene rings is 2. The number of pyridine rings is 1. The van der Waals surface area contributed by atoms with E-state index in [-0.39, 0.29) is 0 Å². The lowest BCUT2D eigenvalue weighted by atomic mass is 10.0. The lowest BCUT2D eigenvalue weighted by Crippen LogP contribution is -1.96. The van der Waals surface area contributed by atoms with Crippen molar-refractivity contribution in [2.45, 2.75) is 6.92 Å². The molecule has 3 aromatic rings. The molecule has 0 spiro atoms. The first-order chi connectivity index (χ1) is 11.2. The average molecular weight is 309 g/mol. The van der Waals surface area contributed by atoms with Gasteiger partial charge in [0.2, 0.25) is 5.75 Å². The van der Waals surface area contributed by atoms with Crippen molar-refractivity contribution in [3.05, 3.63) is 48.2 Å². The molecular weight excluding hydrogens is 290 g/mol. The van der Waals surface area contributed by atoms with Crippen molar-refractivity contribution in [1.82, 2.24) is 4.98 Å². The van der Waals surface area contributed by atoms with Crippen molar-refractivity contribution >= 4 is 10.8 Å². The van der Waals surface area contributed by atoms with Gasteiger partial charge in [0.1, 0.15) is 0 Å². The standard InChI is InChI=1S/C19H19NO3/c1-12-5-6-15-13(9-12)7-8-20-18(15)14-10-16(21-2)19(23-4)17(11-14)22-3/h5-11H,1-4H3. The highest BCUT2D eigenvalue weighted by molar-refractivity contribution is 5.95. The predicted molar refractivity (Wildman–Crippen MR) is 91.6 cm³/mol. The van der Waals surface area contributed by atoms with Gasteiger partial charge in [-0.2, -0.15) is 0 Å². The van der Waals surface area contributed by atoms with Crippen LogP contribution in [0.4, 0.5) is 0 Å². The monoisotopic (exact) mass is 309 g/mol. The molecule has 0 unspecified atom stereocenters. The fourth-order valence-corrected chi connectivity index (χ4v) is 2.75. The lowest BCUT2D eigenvalue weighted by molar-refractivity contribution is 0.324. The molecule has 2 aromatic carbocycles. The number of nitrogens with zero attached hydrogens (tertiary/aromatic N) is 1. The first-order valence-corrected chi connectivity index (χ1v) is 7.33. The van der Waals surface area contributed by atoms with Crippen molar-refractivity contribution in [2.24, 2.45) is 0 Å². The summed E-state index contributed by atoms with van der Waals surface area (Å²) in [4.78, 5) is 4.56. The molecule has 0 fully saturated rings. The molecule has 0 N–H and O–H groups in total. The molecule has 0 saturated carbocycles. The van der Waals surface area contributed by atoms with E-state index in [2.05, 4.69) is 30.1 Å². The second-order valence-corrected chi connectivity index (χ2v) is 5.30. The molecule has 4 heteroatoms. The van der Waals surface area contributed by atoms with E-state index in [0.717, 1.165) is 22.0 Å². The summed E-state index contributed by atoms with van der Waals surface area (Å²) in [6.45, 7) is 2.08. The zero-order valence-corrected chi connectivity index (χ0v) is 13.7. The zero-order chi connectivity index (χ0) is 16.4. The summed E-state index contributed by atoms with van der Waals surface area (Å²) in [6, 6.07) is 12.2. The molecule has 118 valence electrons. The molecule has 0 amide bonds. The van der Waals surface area contributed by atoms with Crippen LogP contribution in [0.25, 0.3) is 22.0 Å². The van der Waals surface area contributed by atoms with Gasteiger partial charge < -0.3 is 14.2 Å². The highest BCUT2D eigenvalue weighted by Crippen LogP contribution is 2.41. The second kappa shape index (κ2) is 6.16. The Labute approximate surface area is 135 Å². The van der Waals surface area contributed by atoms with E-state index in [4.69, 9.17) is 14.2 Å². The second-order valence-electron chi connectivity index (χ2n) is 5.30. The summed E-state index contributed by atoms with van der Waals surface area (Å²) in [5.41, 5.74) is 3.04. The van der Waals surface area contributed by atoms with Crippen LogP contribution in [-0.2, 0) is 0 Å². The van der Waals surface area contributed by atoms with Crippen molar-refractivity contribution in [3.8, 4) is 28.5 Å². The summed E-state index contributed by atoms with van der Waals surface area (Å²) in [7, 11) is 4.82. The molecule has 0 atom stereocenters. The summed E-state index contributed by atoms with van der Waals surface area (Å²) < 4.78 is 16.3. The van der Waals surface area contributed by atoms with E-state index in [9.17, 15) is 0 Å². The van der Waals surface area contributed by atoms with E-state index in [1.807, 2.05) is 24.4 Å².